The van der Waals surface area contributed by atoms with Gasteiger partial charge in [0.1, 0.15) is 0 Å². The Labute approximate surface area is 97.8 Å². The minimum atomic E-state index is -0.221. The van der Waals surface area contributed by atoms with Crippen LogP contribution in [0.3, 0.4) is 0 Å². The maximum absolute atomic E-state index is 11.9. The zero-order valence-electron chi connectivity index (χ0n) is 10.6. The summed E-state index contributed by atoms with van der Waals surface area (Å²) in [5.74, 6) is 0.752. The SMILES string of the molecule is CC1CC(=O)N(C2CC(O)CCC2(C)C)C1. The summed E-state index contributed by atoms with van der Waals surface area (Å²) >= 11 is 0. The van der Waals surface area contributed by atoms with E-state index in [1.165, 1.54) is 0 Å². The molecule has 2 fully saturated rings. The number of nitrogens with zero attached hydrogens (tertiary/aromatic N) is 1. The van der Waals surface area contributed by atoms with E-state index < -0.39 is 0 Å². The van der Waals surface area contributed by atoms with Crippen LogP contribution in [-0.4, -0.2) is 34.6 Å². The molecule has 3 nitrogen and oxygen atoms in total. The van der Waals surface area contributed by atoms with Crippen molar-refractivity contribution in [3.63, 3.8) is 0 Å². The number of carbonyl (C=O) groups is 1. The second-order valence-electron chi connectivity index (χ2n) is 6.29. The van der Waals surface area contributed by atoms with Gasteiger partial charge in [0.2, 0.25) is 5.91 Å². The second-order valence-corrected chi connectivity index (χ2v) is 6.29. The van der Waals surface area contributed by atoms with E-state index >= 15 is 0 Å². The molecule has 92 valence electrons. The molecule has 0 spiro atoms. The van der Waals surface area contributed by atoms with Gasteiger partial charge in [0, 0.05) is 19.0 Å². The van der Waals surface area contributed by atoms with Crippen molar-refractivity contribution in [1.82, 2.24) is 4.90 Å². The second kappa shape index (κ2) is 4.02. The quantitative estimate of drug-likeness (QED) is 0.739. The van der Waals surface area contributed by atoms with Crippen LogP contribution in [-0.2, 0) is 4.79 Å². The molecule has 1 N–H and O–H groups in total. The number of aliphatic hydroxyl groups excluding tert-OH is 1. The monoisotopic (exact) mass is 225 g/mol. The first-order valence-electron chi connectivity index (χ1n) is 6.37. The lowest BCUT2D eigenvalue weighted by Gasteiger charge is -2.45. The lowest BCUT2D eigenvalue weighted by molar-refractivity contribution is -0.134. The molecule has 0 radical (unpaired) electrons. The average Bonchev–Trinajstić information content (AvgIpc) is 2.50. The Bertz CT molecular complexity index is 288. The Morgan fingerprint density at radius 1 is 1.44 bits per heavy atom. The first kappa shape index (κ1) is 11.9. The highest BCUT2D eigenvalue weighted by molar-refractivity contribution is 5.79. The van der Waals surface area contributed by atoms with Crippen molar-refractivity contribution in [1.29, 1.82) is 0 Å². The number of likely N-dealkylation sites (tertiary alicyclic amines) is 1. The van der Waals surface area contributed by atoms with E-state index in [-0.39, 0.29) is 23.5 Å². The van der Waals surface area contributed by atoms with E-state index in [0.717, 1.165) is 25.8 Å². The summed E-state index contributed by atoms with van der Waals surface area (Å²) in [5, 5.41) is 9.79. The topological polar surface area (TPSA) is 40.5 Å². The lowest BCUT2D eigenvalue weighted by atomic mass is 9.71. The average molecular weight is 225 g/mol. The van der Waals surface area contributed by atoms with E-state index in [4.69, 9.17) is 0 Å². The van der Waals surface area contributed by atoms with E-state index in [1.54, 1.807) is 0 Å². The number of hydrogen-bond acceptors (Lipinski definition) is 2. The maximum atomic E-state index is 11.9. The zero-order valence-corrected chi connectivity index (χ0v) is 10.6. The fourth-order valence-electron chi connectivity index (χ4n) is 3.17. The smallest absolute Gasteiger partial charge is 0.223 e. The van der Waals surface area contributed by atoms with Crippen LogP contribution in [0.5, 0.6) is 0 Å². The molecule has 1 aliphatic heterocycles. The van der Waals surface area contributed by atoms with Gasteiger partial charge in [-0.2, -0.15) is 0 Å². The normalized spacial score (nSPS) is 39.1. The third-order valence-electron chi connectivity index (χ3n) is 4.25. The fourth-order valence-corrected chi connectivity index (χ4v) is 3.17. The van der Waals surface area contributed by atoms with Gasteiger partial charge in [-0.25, -0.2) is 0 Å². The Morgan fingerprint density at radius 3 is 2.69 bits per heavy atom. The predicted octanol–water partition coefficient (Wildman–Crippen LogP) is 1.79. The van der Waals surface area contributed by atoms with Gasteiger partial charge in [-0.1, -0.05) is 20.8 Å². The highest BCUT2D eigenvalue weighted by Gasteiger charge is 2.43. The molecule has 3 unspecified atom stereocenters. The maximum Gasteiger partial charge on any atom is 0.223 e. The Kier molecular flexibility index (Phi) is 2.99. The van der Waals surface area contributed by atoms with Crippen molar-refractivity contribution in [2.45, 2.75) is 58.6 Å². The van der Waals surface area contributed by atoms with Gasteiger partial charge in [-0.15, -0.1) is 0 Å². The van der Waals surface area contributed by atoms with Crippen molar-refractivity contribution in [3.05, 3.63) is 0 Å². The largest absolute Gasteiger partial charge is 0.393 e. The fraction of sp³-hybridized carbons (Fsp3) is 0.923. The minimum Gasteiger partial charge on any atom is -0.393 e. The first-order chi connectivity index (χ1) is 7.40. The Balaban J connectivity index is 2.14. The first-order valence-corrected chi connectivity index (χ1v) is 6.37. The molecule has 3 heteroatoms. The van der Waals surface area contributed by atoms with Crippen molar-refractivity contribution in [2.24, 2.45) is 11.3 Å². The number of rotatable bonds is 1. The number of hydrogen-bond donors (Lipinski definition) is 1. The van der Waals surface area contributed by atoms with Crippen LogP contribution in [0.1, 0.15) is 46.5 Å². The van der Waals surface area contributed by atoms with Crippen LogP contribution in [0.25, 0.3) is 0 Å². The summed E-state index contributed by atoms with van der Waals surface area (Å²) in [5.41, 5.74) is 0.152. The van der Waals surface area contributed by atoms with Crippen LogP contribution in [0.15, 0.2) is 0 Å². The van der Waals surface area contributed by atoms with E-state index in [9.17, 15) is 9.90 Å². The van der Waals surface area contributed by atoms with E-state index in [2.05, 4.69) is 20.8 Å². The molecule has 2 aliphatic rings. The van der Waals surface area contributed by atoms with E-state index in [1.807, 2.05) is 4.90 Å². The van der Waals surface area contributed by atoms with Crippen LogP contribution >= 0.6 is 0 Å². The van der Waals surface area contributed by atoms with Gasteiger partial charge in [0.15, 0.2) is 0 Å². The van der Waals surface area contributed by atoms with Crippen molar-refractivity contribution < 1.29 is 9.90 Å². The summed E-state index contributed by atoms with van der Waals surface area (Å²) < 4.78 is 0. The van der Waals surface area contributed by atoms with Crippen LogP contribution < -0.4 is 0 Å². The molecule has 0 aromatic carbocycles. The third-order valence-corrected chi connectivity index (χ3v) is 4.25. The summed E-state index contributed by atoms with van der Waals surface area (Å²) in [6, 6.07) is 0.230. The summed E-state index contributed by atoms with van der Waals surface area (Å²) in [7, 11) is 0. The number of carbonyl (C=O) groups excluding carboxylic acids is 1. The van der Waals surface area contributed by atoms with Crippen LogP contribution in [0, 0.1) is 11.3 Å². The highest BCUT2D eigenvalue weighted by Crippen LogP contribution is 2.40. The van der Waals surface area contributed by atoms with Crippen molar-refractivity contribution in [2.75, 3.05) is 6.54 Å². The number of amides is 1. The predicted molar refractivity (Wildman–Crippen MR) is 62.9 cm³/mol. The molecular weight excluding hydrogens is 202 g/mol. The number of aliphatic hydroxyl groups is 1. The van der Waals surface area contributed by atoms with Crippen molar-refractivity contribution >= 4 is 5.91 Å². The Hall–Kier alpha value is -0.570. The van der Waals surface area contributed by atoms with Gasteiger partial charge < -0.3 is 10.0 Å². The summed E-state index contributed by atoms with van der Waals surface area (Å²) in [4.78, 5) is 13.9. The third kappa shape index (κ3) is 2.10. The van der Waals surface area contributed by atoms with Crippen molar-refractivity contribution in [3.8, 4) is 0 Å². The van der Waals surface area contributed by atoms with Gasteiger partial charge in [0.05, 0.1) is 6.10 Å². The molecule has 1 saturated carbocycles. The molecule has 1 amide bonds. The summed E-state index contributed by atoms with van der Waals surface area (Å²) in [6.07, 6.45) is 3.10. The van der Waals surface area contributed by atoms with Crippen LogP contribution in [0.2, 0.25) is 0 Å². The molecule has 1 aliphatic carbocycles. The van der Waals surface area contributed by atoms with Crippen LogP contribution in [0.4, 0.5) is 0 Å². The Morgan fingerprint density at radius 2 is 2.12 bits per heavy atom. The van der Waals surface area contributed by atoms with Gasteiger partial charge >= 0.3 is 0 Å². The minimum absolute atomic E-state index is 0.152. The molecule has 3 atom stereocenters. The molecule has 0 aromatic rings. The lowest BCUT2D eigenvalue weighted by Crippen LogP contribution is -2.50. The molecule has 1 heterocycles. The molecule has 1 saturated heterocycles. The highest BCUT2D eigenvalue weighted by atomic mass is 16.3. The van der Waals surface area contributed by atoms with Gasteiger partial charge in [0.25, 0.3) is 0 Å². The standard InChI is InChI=1S/C13H23NO2/c1-9-6-12(16)14(8-9)11-7-10(15)4-5-13(11,2)3/h9-11,15H,4-8H2,1-3H3. The van der Waals surface area contributed by atoms with Gasteiger partial charge in [-0.05, 0) is 30.6 Å². The molecular formula is C13H23NO2. The van der Waals surface area contributed by atoms with E-state index in [0.29, 0.717) is 12.3 Å². The molecule has 0 aromatic heterocycles. The van der Waals surface area contributed by atoms with Gasteiger partial charge in [-0.3, -0.25) is 4.79 Å². The molecule has 2 rings (SSSR count). The molecule has 16 heavy (non-hydrogen) atoms. The summed E-state index contributed by atoms with van der Waals surface area (Å²) in [6.45, 7) is 7.45. The molecule has 0 bridgehead atoms. The zero-order chi connectivity index (χ0) is 11.9.